The third-order valence-electron chi connectivity index (χ3n) is 3.82. The number of amides is 1. The van der Waals surface area contributed by atoms with E-state index in [-0.39, 0.29) is 23.8 Å². The van der Waals surface area contributed by atoms with E-state index >= 15 is 0 Å². The molecule has 1 amide bonds. The van der Waals surface area contributed by atoms with Gasteiger partial charge in [-0.2, -0.15) is 0 Å². The summed E-state index contributed by atoms with van der Waals surface area (Å²) in [6, 6.07) is 2.45. The fourth-order valence-electron chi connectivity index (χ4n) is 1.79. The van der Waals surface area contributed by atoms with Crippen LogP contribution in [0.2, 0.25) is 0 Å². The molecule has 0 aliphatic rings. The maximum atomic E-state index is 14.1. The van der Waals surface area contributed by atoms with Crippen LogP contribution in [0.15, 0.2) is 12.1 Å². The van der Waals surface area contributed by atoms with Gasteiger partial charge in [-0.05, 0) is 18.9 Å². The van der Waals surface area contributed by atoms with Crippen LogP contribution >= 0.6 is 0 Å². The van der Waals surface area contributed by atoms with E-state index in [0.29, 0.717) is 5.75 Å². The number of hydrogen-bond donors (Lipinski definition) is 2. The van der Waals surface area contributed by atoms with Crippen molar-refractivity contribution in [1.29, 1.82) is 0 Å². The van der Waals surface area contributed by atoms with Gasteiger partial charge in [0.25, 0.3) is 5.91 Å². The molecule has 0 saturated heterocycles. The minimum atomic E-state index is -0.673. The molecule has 0 saturated carbocycles. The van der Waals surface area contributed by atoms with Crippen LogP contribution in [0.1, 0.15) is 31.1 Å². The second kappa shape index (κ2) is 6.76. The summed E-state index contributed by atoms with van der Waals surface area (Å²) >= 11 is 0. The summed E-state index contributed by atoms with van der Waals surface area (Å²) < 4.78 is 24.1. The van der Waals surface area contributed by atoms with Crippen molar-refractivity contribution < 1.29 is 18.7 Å². The van der Waals surface area contributed by atoms with E-state index in [2.05, 4.69) is 5.32 Å². The molecule has 1 unspecified atom stereocenters. The summed E-state index contributed by atoms with van der Waals surface area (Å²) in [5.74, 6) is -0.571. The normalized spacial score (nSPS) is 13.7. The van der Waals surface area contributed by atoms with Gasteiger partial charge in [0, 0.05) is 12.6 Å². The van der Waals surface area contributed by atoms with Gasteiger partial charge in [-0.1, -0.05) is 13.8 Å². The van der Waals surface area contributed by atoms with E-state index in [1.54, 1.807) is 0 Å². The smallest absolute Gasteiger partial charge is 0.254 e. The van der Waals surface area contributed by atoms with Gasteiger partial charge < -0.3 is 20.5 Å². The van der Waals surface area contributed by atoms with Crippen LogP contribution in [-0.2, 0) is 0 Å². The molecule has 0 radical (unpaired) electrons. The molecule has 3 N–H and O–H groups in total. The first kappa shape index (κ1) is 17.2. The Kier molecular flexibility index (Phi) is 5.54. The molecule has 0 fully saturated rings. The van der Waals surface area contributed by atoms with Gasteiger partial charge in [0.1, 0.15) is 5.82 Å². The number of hydrogen-bond acceptors (Lipinski definition) is 4. The molecule has 1 atom stereocenters. The predicted molar refractivity (Wildman–Crippen MR) is 79.3 cm³/mol. The summed E-state index contributed by atoms with van der Waals surface area (Å²) in [5, 5.41) is 2.79. The highest BCUT2D eigenvalue weighted by Gasteiger charge is 2.30. The Hall–Kier alpha value is -1.82. The Morgan fingerprint density at radius 3 is 2.29 bits per heavy atom. The molecule has 1 aromatic carbocycles. The second-order valence-electron chi connectivity index (χ2n) is 5.42. The zero-order valence-corrected chi connectivity index (χ0v) is 13.1. The van der Waals surface area contributed by atoms with Crippen LogP contribution in [0.4, 0.5) is 4.39 Å². The van der Waals surface area contributed by atoms with Gasteiger partial charge in [0.15, 0.2) is 11.5 Å². The van der Waals surface area contributed by atoms with Crippen molar-refractivity contribution in [3.05, 3.63) is 23.5 Å². The van der Waals surface area contributed by atoms with Crippen molar-refractivity contribution in [1.82, 2.24) is 5.32 Å². The molecule has 6 heteroatoms. The van der Waals surface area contributed by atoms with Gasteiger partial charge in [-0.15, -0.1) is 0 Å². The lowest BCUT2D eigenvalue weighted by Crippen LogP contribution is -2.55. The number of methoxy groups -OCH3 is 2. The van der Waals surface area contributed by atoms with Gasteiger partial charge in [-0.3, -0.25) is 4.79 Å². The largest absolute Gasteiger partial charge is 0.493 e. The molecule has 0 spiro atoms. The lowest BCUT2D eigenvalue weighted by Gasteiger charge is -2.33. The minimum absolute atomic E-state index is 0.104. The van der Waals surface area contributed by atoms with Gasteiger partial charge >= 0.3 is 0 Å². The molecule has 1 rings (SSSR count). The van der Waals surface area contributed by atoms with Crippen LogP contribution in [0.3, 0.4) is 0 Å². The summed E-state index contributed by atoms with van der Waals surface area (Å²) in [6.45, 7) is 5.97. The number of nitrogens with two attached hydrogens (primary N) is 1. The average Bonchev–Trinajstić information content (AvgIpc) is 2.46. The Morgan fingerprint density at radius 2 is 1.86 bits per heavy atom. The lowest BCUT2D eigenvalue weighted by molar-refractivity contribution is 0.0878. The summed E-state index contributed by atoms with van der Waals surface area (Å²) in [6.07, 6.45) is 0. The molecular formula is C15H23FN2O3. The number of benzene rings is 1. The number of nitrogens with one attached hydrogen (secondary N) is 1. The molecule has 0 heterocycles. The first-order valence-corrected chi connectivity index (χ1v) is 6.73. The number of carbonyl (C=O) groups excluding carboxylic acids is 1. The van der Waals surface area contributed by atoms with Crippen molar-refractivity contribution in [3.63, 3.8) is 0 Å². The molecule has 21 heavy (non-hydrogen) atoms. The zero-order chi connectivity index (χ0) is 16.2. The standard InChI is InChI=1S/C15H23FN2O3/c1-9(2)15(3,8-17)18-14(19)10-6-12(20-4)13(21-5)7-11(10)16/h6-7,9H,8,17H2,1-5H3,(H,18,19). The van der Waals surface area contributed by atoms with E-state index < -0.39 is 17.3 Å². The number of rotatable bonds is 6. The van der Waals surface area contributed by atoms with Crippen LogP contribution in [-0.4, -0.2) is 32.2 Å². The second-order valence-corrected chi connectivity index (χ2v) is 5.42. The third-order valence-corrected chi connectivity index (χ3v) is 3.82. The van der Waals surface area contributed by atoms with Crippen LogP contribution in [0.25, 0.3) is 0 Å². The molecule has 1 aromatic rings. The van der Waals surface area contributed by atoms with E-state index in [9.17, 15) is 9.18 Å². The third kappa shape index (κ3) is 3.64. The lowest BCUT2D eigenvalue weighted by atomic mass is 9.88. The van der Waals surface area contributed by atoms with Gasteiger partial charge in [0.2, 0.25) is 0 Å². The topological polar surface area (TPSA) is 73.6 Å². The molecule has 0 aromatic heterocycles. The monoisotopic (exact) mass is 298 g/mol. The van der Waals surface area contributed by atoms with Gasteiger partial charge in [0.05, 0.1) is 25.3 Å². The van der Waals surface area contributed by atoms with E-state index in [1.165, 1.54) is 20.3 Å². The molecule has 0 aliphatic carbocycles. The zero-order valence-electron chi connectivity index (χ0n) is 13.1. The van der Waals surface area contributed by atoms with Crippen molar-refractivity contribution >= 4 is 5.91 Å². The minimum Gasteiger partial charge on any atom is -0.493 e. The van der Waals surface area contributed by atoms with Crippen molar-refractivity contribution in [2.24, 2.45) is 11.7 Å². The quantitative estimate of drug-likeness (QED) is 0.842. The van der Waals surface area contributed by atoms with E-state index in [4.69, 9.17) is 15.2 Å². The molecule has 118 valence electrons. The molecule has 0 bridgehead atoms. The Bertz CT molecular complexity index is 520. The highest BCUT2D eigenvalue weighted by atomic mass is 19.1. The average molecular weight is 298 g/mol. The van der Waals surface area contributed by atoms with Gasteiger partial charge in [-0.25, -0.2) is 4.39 Å². The van der Waals surface area contributed by atoms with Crippen molar-refractivity contribution in [2.75, 3.05) is 20.8 Å². The Labute approximate surface area is 124 Å². The summed E-state index contributed by atoms with van der Waals surface area (Å²) in [5.41, 5.74) is 5.00. The van der Waals surface area contributed by atoms with Crippen LogP contribution in [0.5, 0.6) is 11.5 Å². The Balaban J connectivity index is 3.13. The van der Waals surface area contributed by atoms with E-state index in [1.807, 2.05) is 20.8 Å². The highest BCUT2D eigenvalue weighted by molar-refractivity contribution is 5.95. The molecular weight excluding hydrogens is 275 g/mol. The van der Waals surface area contributed by atoms with E-state index in [0.717, 1.165) is 6.07 Å². The number of halogens is 1. The first-order valence-electron chi connectivity index (χ1n) is 6.73. The fraction of sp³-hybridized carbons (Fsp3) is 0.533. The van der Waals surface area contributed by atoms with Crippen LogP contribution in [0, 0.1) is 11.7 Å². The van der Waals surface area contributed by atoms with Crippen molar-refractivity contribution in [2.45, 2.75) is 26.3 Å². The maximum absolute atomic E-state index is 14.1. The Morgan fingerprint density at radius 1 is 1.33 bits per heavy atom. The number of carbonyl (C=O) groups is 1. The van der Waals surface area contributed by atoms with Crippen molar-refractivity contribution in [3.8, 4) is 11.5 Å². The summed E-state index contributed by atoms with van der Waals surface area (Å²) in [4.78, 5) is 12.3. The van der Waals surface area contributed by atoms with Crippen LogP contribution < -0.4 is 20.5 Å². The highest BCUT2D eigenvalue weighted by Crippen LogP contribution is 2.30. The number of ether oxygens (including phenoxy) is 2. The predicted octanol–water partition coefficient (Wildman–Crippen LogP) is 1.95. The first-order chi connectivity index (χ1) is 9.78. The molecule has 5 nitrogen and oxygen atoms in total. The molecule has 0 aliphatic heterocycles. The summed E-state index contributed by atoms with van der Waals surface area (Å²) in [7, 11) is 2.83. The maximum Gasteiger partial charge on any atom is 0.254 e. The SMILES string of the molecule is COc1cc(F)c(C(=O)NC(C)(CN)C(C)C)cc1OC. The fourth-order valence-corrected chi connectivity index (χ4v) is 1.79.